The normalized spacial score (nSPS) is 23.3. The van der Waals surface area contributed by atoms with Gasteiger partial charge in [-0.15, -0.1) is 0 Å². The van der Waals surface area contributed by atoms with E-state index in [1.165, 1.54) is 21.3 Å². The van der Waals surface area contributed by atoms with Gasteiger partial charge in [0.1, 0.15) is 0 Å². The molecule has 0 aromatic rings. The van der Waals surface area contributed by atoms with Gasteiger partial charge in [-0.2, -0.15) is 0 Å². The quantitative estimate of drug-likeness (QED) is 0.413. The molecule has 0 saturated carbocycles. The Morgan fingerprint density at radius 1 is 1.21 bits per heavy atom. The highest BCUT2D eigenvalue weighted by molar-refractivity contribution is 6.07. The van der Waals surface area contributed by atoms with Crippen molar-refractivity contribution in [3.63, 3.8) is 0 Å². The first-order chi connectivity index (χ1) is 9.03. The molecule has 1 fully saturated rings. The van der Waals surface area contributed by atoms with E-state index >= 15 is 0 Å². The minimum Gasteiger partial charge on any atom is -0.353 e. The van der Waals surface area contributed by atoms with E-state index in [1.807, 2.05) is 0 Å². The standard InChI is InChI=1S/C13H24N2O4/c1-5-6-7-8-9-13(11(18-3)19-4)10(16)15(2)12(17)14-13/h11H,5-9H2,1-4H3,(H,14,17). The summed E-state index contributed by atoms with van der Waals surface area (Å²) in [5.41, 5.74) is -1.09. The van der Waals surface area contributed by atoms with Gasteiger partial charge in [-0.1, -0.05) is 32.6 Å². The van der Waals surface area contributed by atoms with Crippen LogP contribution >= 0.6 is 0 Å². The zero-order chi connectivity index (χ0) is 14.5. The summed E-state index contributed by atoms with van der Waals surface area (Å²) in [6.45, 7) is 2.12. The Hall–Kier alpha value is -1.14. The fraction of sp³-hybridized carbons (Fsp3) is 0.846. The van der Waals surface area contributed by atoms with Crippen molar-refractivity contribution in [2.24, 2.45) is 0 Å². The maximum absolute atomic E-state index is 12.3. The van der Waals surface area contributed by atoms with Gasteiger partial charge in [-0.05, 0) is 6.42 Å². The summed E-state index contributed by atoms with van der Waals surface area (Å²) in [6, 6.07) is -0.403. The van der Waals surface area contributed by atoms with Gasteiger partial charge in [-0.3, -0.25) is 9.69 Å². The SMILES string of the molecule is CCCCCCC1(C(OC)OC)NC(=O)N(C)C1=O. The number of amides is 3. The summed E-state index contributed by atoms with van der Waals surface area (Å²) in [5, 5.41) is 2.73. The number of rotatable bonds is 8. The molecule has 1 N–H and O–H groups in total. The number of unbranched alkanes of at least 4 members (excludes halogenated alkanes) is 3. The van der Waals surface area contributed by atoms with Crippen molar-refractivity contribution in [1.82, 2.24) is 10.2 Å². The van der Waals surface area contributed by atoms with E-state index in [1.54, 1.807) is 0 Å². The Morgan fingerprint density at radius 3 is 2.26 bits per heavy atom. The highest BCUT2D eigenvalue weighted by atomic mass is 16.7. The molecule has 0 aromatic carbocycles. The van der Waals surface area contributed by atoms with Gasteiger partial charge in [0, 0.05) is 21.3 Å². The molecular weight excluding hydrogens is 248 g/mol. The van der Waals surface area contributed by atoms with E-state index in [2.05, 4.69) is 12.2 Å². The molecule has 110 valence electrons. The third kappa shape index (κ3) is 3.06. The number of nitrogens with one attached hydrogen (secondary N) is 1. The molecule has 0 aromatic heterocycles. The van der Waals surface area contributed by atoms with Crippen LogP contribution in [0.4, 0.5) is 4.79 Å². The van der Waals surface area contributed by atoms with E-state index in [9.17, 15) is 9.59 Å². The first kappa shape index (κ1) is 15.9. The van der Waals surface area contributed by atoms with Crippen LogP contribution in [0.2, 0.25) is 0 Å². The second kappa shape index (κ2) is 6.86. The molecular formula is C13H24N2O4. The van der Waals surface area contributed by atoms with Crippen LogP contribution in [-0.4, -0.2) is 49.9 Å². The number of urea groups is 1. The lowest BCUT2D eigenvalue weighted by Gasteiger charge is -2.32. The van der Waals surface area contributed by atoms with Gasteiger partial charge in [0.05, 0.1) is 0 Å². The van der Waals surface area contributed by atoms with E-state index in [4.69, 9.17) is 9.47 Å². The monoisotopic (exact) mass is 272 g/mol. The van der Waals surface area contributed by atoms with Gasteiger partial charge >= 0.3 is 6.03 Å². The number of imide groups is 1. The van der Waals surface area contributed by atoms with E-state index in [0.29, 0.717) is 6.42 Å². The molecule has 1 unspecified atom stereocenters. The van der Waals surface area contributed by atoms with Crippen LogP contribution in [0.1, 0.15) is 39.0 Å². The molecule has 0 radical (unpaired) electrons. The van der Waals surface area contributed by atoms with Crippen molar-refractivity contribution >= 4 is 11.9 Å². The molecule has 0 aliphatic carbocycles. The molecule has 0 spiro atoms. The van der Waals surface area contributed by atoms with Crippen LogP contribution in [0.15, 0.2) is 0 Å². The van der Waals surface area contributed by atoms with Gasteiger partial charge in [-0.25, -0.2) is 4.79 Å². The summed E-state index contributed by atoms with van der Waals surface area (Å²) in [7, 11) is 4.41. The van der Waals surface area contributed by atoms with E-state index in [0.717, 1.165) is 30.6 Å². The molecule has 1 saturated heterocycles. The number of hydrogen-bond acceptors (Lipinski definition) is 4. The average Bonchev–Trinajstić information content (AvgIpc) is 2.62. The first-order valence-corrected chi connectivity index (χ1v) is 6.69. The Bertz CT molecular complexity index is 331. The van der Waals surface area contributed by atoms with Gasteiger partial charge in [0.2, 0.25) is 0 Å². The van der Waals surface area contributed by atoms with Crippen LogP contribution in [0.5, 0.6) is 0 Å². The molecule has 1 heterocycles. The van der Waals surface area contributed by atoms with E-state index in [-0.39, 0.29) is 5.91 Å². The molecule has 1 rings (SSSR count). The number of ether oxygens (including phenoxy) is 2. The fourth-order valence-electron chi connectivity index (χ4n) is 2.50. The summed E-state index contributed by atoms with van der Waals surface area (Å²) >= 11 is 0. The maximum Gasteiger partial charge on any atom is 0.324 e. The van der Waals surface area contributed by atoms with Crippen LogP contribution in [0.3, 0.4) is 0 Å². The molecule has 19 heavy (non-hydrogen) atoms. The molecule has 1 aliphatic heterocycles. The van der Waals surface area contributed by atoms with Crippen LogP contribution < -0.4 is 5.32 Å². The zero-order valence-corrected chi connectivity index (χ0v) is 12.2. The third-order valence-corrected chi connectivity index (χ3v) is 3.58. The Kier molecular flexibility index (Phi) is 5.75. The summed E-state index contributed by atoms with van der Waals surface area (Å²) in [5.74, 6) is -0.289. The largest absolute Gasteiger partial charge is 0.353 e. The Balaban J connectivity index is 2.85. The topological polar surface area (TPSA) is 67.9 Å². The lowest BCUT2D eigenvalue weighted by molar-refractivity contribution is -0.169. The maximum atomic E-state index is 12.3. The Morgan fingerprint density at radius 2 is 1.84 bits per heavy atom. The van der Waals surface area contributed by atoms with Gasteiger partial charge < -0.3 is 14.8 Å². The van der Waals surface area contributed by atoms with Crippen molar-refractivity contribution in [2.45, 2.75) is 50.9 Å². The fourth-order valence-corrected chi connectivity index (χ4v) is 2.50. The van der Waals surface area contributed by atoms with Gasteiger partial charge in [0.15, 0.2) is 11.8 Å². The number of carbonyl (C=O) groups excluding carboxylic acids is 2. The zero-order valence-electron chi connectivity index (χ0n) is 12.2. The van der Waals surface area contributed by atoms with Gasteiger partial charge in [0.25, 0.3) is 5.91 Å². The van der Waals surface area contributed by atoms with Crippen molar-refractivity contribution in [2.75, 3.05) is 21.3 Å². The Labute approximate surface area is 114 Å². The minimum absolute atomic E-state index is 0.289. The third-order valence-electron chi connectivity index (χ3n) is 3.58. The average molecular weight is 272 g/mol. The first-order valence-electron chi connectivity index (χ1n) is 6.69. The van der Waals surface area contributed by atoms with Crippen LogP contribution in [0.25, 0.3) is 0 Å². The van der Waals surface area contributed by atoms with Crippen LogP contribution in [0, 0.1) is 0 Å². The number of nitrogens with zero attached hydrogens (tertiary/aromatic N) is 1. The number of hydrogen-bond donors (Lipinski definition) is 1. The van der Waals surface area contributed by atoms with Crippen molar-refractivity contribution < 1.29 is 19.1 Å². The van der Waals surface area contributed by atoms with Crippen molar-refractivity contribution in [3.05, 3.63) is 0 Å². The lowest BCUT2D eigenvalue weighted by atomic mass is 9.91. The summed E-state index contributed by atoms with van der Waals surface area (Å²) in [6.07, 6.45) is 3.84. The smallest absolute Gasteiger partial charge is 0.324 e. The highest BCUT2D eigenvalue weighted by Gasteiger charge is 2.55. The predicted octanol–water partition coefficient (Wildman–Crippen LogP) is 1.50. The number of carbonyl (C=O) groups is 2. The molecule has 1 aliphatic rings. The molecule has 0 bridgehead atoms. The summed E-state index contributed by atoms with van der Waals surface area (Å²) < 4.78 is 10.5. The van der Waals surface area contributed by atoms with Crippen molar-refractivity contribution in [1.29, 1.82) is 0 Å². The number of methoxy groups -OCH3 is 2. The molecule has 3 amide bonds. The second-order valence-electron chi connectivity index (χ2n) is 4.88. The van der Waals surface area contributed by atoms with E-state index < -0.39 is 17.9 Å². The minimum atomic E-state index is -1.09. The predicted molar refractivity (Wildman–Crippen MR) is 70.6 cm³/mol. The molecule has 6 heteroatoms. The molecule has 6 nitrogen and oxygen atoms in total. The van der Waals surface area contributed by atoms with Crippen LogP contribution in [-0.2, 0) is 14.3 Å². The summed E-state index contributed by atoms with van der Waals surface area (Å²) in [4.78, 5) is 25.1. The highest BCUT2D eigenvalue weighted by Crippen LogP contribution is 2.29. The van der Waals surface area contributed by atoms with Crippen molar-refractivity contribution in [3.8, 4) is 0 Å². The lowest BCUT2D eigenvalue weighted by Crippen LogP contribution is -2.57. The second-order valence-corrected chi connectivity index (χ2v) is 4.88. The molecule has 1 atom stereocenters. The number of likely N-dealkylation sites (N-methyl/N-ethyl adjacent to an activating group) is 1.